The van der Waals surface area contributed by atoms with Gasteiger partial charge in [-0.1, -0.05) is 120 Å². The third kappa shape index (κ3) is 17.5. The van der Waals surface area contributed by atoms with Gasteiger partial charge in [0.05, 0.1) is 27.2 Å². The van der Waals surface area contributed by atoms with E-state index in [-0.39, 0.29) is 6.10 Å². The number of allylic oxidation sites excluding steroid dienone is 2. The predicted molar refractivity (Wildman–Crippen MR) is 140 cm³/mol. The van der Waals surface area contributed by atoms with Crippen molar-refractivity contribution >= 4 is 7.85 Å². The van der Waals surface area contributed by atoms with Gasteiger partial charge in [-0.2, -0.15) is 0 Å². The van der Waals surface area contributed by atoms with Crippen molar-refractivity contribution in [2.75, 3.05) is 13.2 Å². The summed E-state index contributed by atoms with van der Waals surface area (Å²) in [6.45, 7) is 6.62. The Balaban J connectivity index is 1.89. The number of unbranched alkanes of at least 4 members (excludes halogenated alkanes) is 10. The molecule has 1 aromatic rings. The van der Waals surface area contributed by atoms with Gasteiger partial charge in [-0.25, -0.2) is 0 Å². The average Bonchev–Trinajstić information content (AvgIpc) is 2.82. The molecule has 0 saturated carbocycles. The maximum atomic E-state index is 5.87. The lowest BCUT2D eigenvalue weighted by Crippen LogP contribution is -2.19. The van der Waals surface area contributed by atoms with Gasteiger partial charge in [0.1, 0.15) is 0 Å². The smallest absolute Gasteiger partial charge is 0.0736 e. The van der Waals surface area contributed by atoms with Crippen LogP contribution in [0.3, 0.4) is 0 Å². The van der Waals surface area contributed by atoms with Crippen LogP contribution in [-0.4, -0.2) is 27.2 Å². The van der Waals surface area contributed by atoms with Gasteiger partial charge in [-0.05, 0) is 37.2 Å². The van der Waals surface area contributed by atoms with Crippen molar-refractivity contribution in [2.45, 2.75) is 116 Å². The molecule has 2 nitrogen and oxygen atoms in total. The van der Waals surface area contributed by atoms with Crippen LogP contribution in [0.4, 0.5) is 0 Å². The highest BCUT2D eigenvalue weighted by atomic mass is 16.5. The van der Waals surface area contributed by atoms with Gasteiger partial charge in [0, 0.05) is 6.61 Å². The van der Waals surface area contributed by atoms with Crippen molar-refractivity contribution in [3.8, 4) is 0 Å². The Morgan fingerprint density at radius 1 is 0.875 bits per heavy atom. The zero-order valence-corrected chi connectivity index (χ0v) is 21.1. The van der Waals surface area contributed by atoms with Crippen LogP contribution in [0, 0.1) is 5.92 Å². The number of rotatable bonds is 22. The minimum atomic E-state index is -0.0242. The zero-order valence-electron chi connectivity index (χ0n) is 21.1. The standard InChI is InChI=1S/C29H49BO2/c1-3-4-5-6-7-8-9-10-14-19-27(2)20-15-11-12-18-23-31-26-29(24-30)32-25-28-21-16-13-17-22-28/h13-14,16-17,19,21-22,27,29H,3-12,15,18,20,23-26H2,1-2H3/b19-14+. The number of hydrogen-bond acceptors (Lipinski definition) is 2. The lowest BCUT2D eigenvalue weighted by atomic mass is 10.00. The molecule has 1 aromatic carbocycles. The third-order valence-corrected chi connectivity index (χ3v) is 6.03. The number of hydrogen-bond donors (Lipinski definition) is 0. The molecule has 0 aliphatic heterocycles. The first-order valence-corrected chi connectivity index (χ1v) is 13.4. The van der Waals surface area contributed by atoms with Crippen LogP contribution in [0.2, 0.25) is 6.32 Å². The van der Waals surface area contributed by atoms with Gasteiger partial charge < -0.3 is 9.47 Å². The maximum Gasteiger partial charge on any atom is 0.0736 e. The summed E-state index contributed by atoms with van der Waals surface area (Å²) >= 11 is 0. The van der Waals surface area contributed by atoms with Crippen molar-refractivity contribution in [3.63, 3.8) is 0 Å². The fourth-order valence-corrected chi connectivity index (χ4v) is 3.86. The molecule has 2 atom stereocenters. The molecule has 0 aromatic heterocycles. The second-order valence-corrected chi connectivity index (χ2v) is 9.25. The molecule has 180 valence electrons. The number of ether oxygens (including phenoxy) is 2. The van der Waals surface area contributed by atoms with Crippen molar-refractivity contribution in [1.29, 1.82) is 0 Å². The summed E-state index contributed by atoms with van der Waals surface area (Å²) in [6.07, 6.45) is 22.6. The Morgan fingerprint density at radius 2 is 1.56 bits per heavy atom. The second kappa shape index (κ2) is 21.8. The molecule has 0 bridgehead atoms. The van der Waals surface area contributed by atoms with E-state index in [9.17, 15) is 0 Å². The lowest BCUT2D eigenvalue weighted by molar-refractivity contribution is -0.0151. The third-order valence-electron chi connectivity index (χ3n) is 6.03. The topological polar surface area (TPSA) is 18.5 Å². The predicted octanol–water partition coefficient (Wildman–Crippen LogP) is 8.46. The first kappa shape index (κ1) is 29.0. The van der Waals surface area contributed by atoms with E-state index >= 15 is 0 Å². The summed E-state index contributed by atoms with van der Waals surface area (Å²) in [5, 5.41) is 0. The molecule has 0 spiro atoms. The van der Waals surface area contributed by atoms with Crippen LogP contribution in [-0.2, 0) is 16.1 Å². The molecule has 0 aliphatic rings. The fourth-order valence-electron chi connectivity index (χ4n) is 3.86. The monoisotopic (exact) mass is 440 g/mol. The van der Waals surface area contributed by atoms with Crippen LogP contribution in [0.15, 0.2) is 42.5 Å². The number of benzene rings is 1. The van der Waals surface area contributed by atoms with Gasteiger partial charge >= 0.3 is 0 Å². The van der Waals surface area contributed by atoms with Crippen LogP contribution in [0.5, 0.6) is 0 Å². The summed E-state index contributed by atoms with van der Waals surface area (Å²) in [4.78, 5) is 0. The van der Waals surface area contributed by atoms with Gasteiger partial charge in [-0.15, -0.1) is 0 Å². The summed E-state index contributed by atoms with van der Waals surface area (Å²) < 4.78 is 11.7. The molecule has 0 amide bonds. The van der Waals surface area contributed by atoms with E-state index in [0.717, 1.165) is 13.0 Å². The van der Waals surface area contributed by atoms with Crippen molar-refractivity contribution in [3.05, 3.63) is 48.0 Å². The molecule has 32 heavy (non-hydrogen) atoms. The van der Waals surface area contributed by atoms with Crippen LogP contribution in [0.1, 0.15) is 103 Å². The van der Waals surface area contributed by atoms with Gasteiger partial charge in [0.15, 0.2) is 0 Å². The minimum Gasteiger partial charge on any atom is -0.379 e. The molecule has 0 heterocycles. The molecule has 2 unspecified atom stereocenters. The quantitative estimate of drug-likeness (QED) is 0.102. The van der Waals surface area contributed by atoms with E-state index < -0.39 is 0 Å². The molecule has 1 rings (SSSR count). The normalized spacial score (nSPS) is 13.6. The minimum absolute atomic E-state index is 0.0242. The van der Waals surface area contributed by atoms with E-state index in [1.165, 1.54) is 82.6 Å². The van der Waals surface area contributed by atoms with Crippen molar-refractivity contribution in [2.24, 2.45) is 5.92 Å². The molecule has 2 radical (unpaired) electrons. The summed E-state index contributed by atoms with van der Waals surface area (Å²) in [7, 11) is 5.82. The van der Waals surface area contributed by atoms with Crippen LogP contribution >= 0.6 is 0 Å². The Morgan fingerprint density at radius 3 is 2.31 bits per heavy atom. The second-order valence-electron chi connectivity index (χ2n) is 9.25. The molecular formula is C29H49BO2. The van der Waals surface area contributed by atoms with E-state index in [2.05, 4.69) is 38.1 Å². The summed E-state index contributed by atoms with van der Waals surface area (Å²) in [5.74, 6) is 0.711. The first-order chi connectivity index (χ1) is 15.8. The summed E-state index contributed by atoms with van der Waals surface area (Å²) in [6, 6.07) is 10.2. The van der Waals surface area contributed by atoms with Gasteiger partial charge in [0.25, 0.3) is 0 Å². The molecule has 0 fully saturated rings. The van der Waals surface area contributed by atoms with E-state index in [1.807, 2.05) is 18.2 Å². The highest BCUT2D eigenvalue weighted by Gasteiger charge is 2.07. The molecular weight excluding hydrogens is 391 g/mol. The highest BCUT2D eigenvalue weighted by molar-refractivity contribution is 6.08. The Bertz CT molecular complexity index is 531. The maximum absolute atomic E-state index is 5.87. The molecule has 0 saturated heterocycles. The highest BCUT2D eigenvalue weighted by Crippen LogP contribution is 2.14. The lowest BCUT2D eigenvalue weighted by Gasteiger charge is -2.16. The van der Waals surface area contributed by atoms with E-state index in [1.54, 1.807) is 0 Å². The van der Waals surface area contributed by atoms with Gasteiger partial charge in [0.2, 0.25) is 0 Å². The SMILES string of the molecule is [B]CC(COCCCCCCC(C)/C=C/CCCCCCCCC)OCc1ccccc1. The molecule has 0 aliphatic carbocycles. The summed E-state index contributed by atoms with van der Waals surface area (Å²) in [5.41, 5.74) is 1.17. The molecule has 3 heteroatoms. The van der Waals surface area contributed by atoms with Crippen LogP contribution < -0.4 is 0 Å². The van der Waals surface area contributed by atoms with Crippen molar-refractivity contribution < 1.29 is 9.47 Å². The fraction of sp³-hybridized carbons (Fsp3) is 0.724. The Kier molecular flexibility index (Phi) is 19.7. The van der Waals surface area contributed by atoms with E-state index in [0.29, 0.717) is 25.5 Å². The largest absolute Gasteiger partial charge is 0.379 e. The van der Waals surface area contributed by atoms with E-state index in [4.69, 9.17) is 17.3 Å². The average molecular weight is 441 g/mol. The zero-order chi connectivity index (χ0) is 23.1. The Hall–Kier alpha value is -1.06. The van der Waals surface area contributed by atoms with Crippen molar-refractivity contribution in [1.82, 2.24) is 0 Å². The Labute approximate surface area is 201 Å². The van der Waals surface area contributed by atoms with Crippen LogP contribution in [0.25, 0.3) is 0 Å². The molecule has 0 N–H and O–H groups in total. The first-order valence-electron chi connectivity index (χ1n) is 13.4. The van der Waals surface area contributed by atoms with Gasteiger partial charge in [-0.3, -0.25) is 0 Å².